The Hall–Kier alpha value is -1.69. The molecule has 1 unspecified atom stereocenters. The maximum Gasteiger partial charge on any atom is 0.0858 e. The van der Waals surface area contributed by atoms with Crippen molar-refractivity contribution in [3.05, 3.63) is 75.5 Å². The van der Waals surface area contributed by atoms with E-state index in [-0.39, 0.29) is 0 Å². The molecule has 0 saturated heterocycles. The minimum atomic E-state index is -0.412. The van der Waals surface area contributed by atoms with E-state index in [9.17, 15) is 0 Å². The Kier molecular flexibility index (Phi) is 4.05. The van der Waals surface area contributed by atoms with Crippen LogP contribution >= 0.6 is 27.5 Å². The van der Waals surface area contributed by atoms with Crippen LogP contribution in [0.2, 0.25) is 5.02 Å². The topological polar surface area (TPSA) is 56.7 Å². The average Bonchev–Trinajstić information content (AvgIpc) is 3.00. The minimum absolute atomic E-state index is 0.412. The average molecular weight is 364 g/mol. The molecular weight excluding hydrogens is 352 g/mol. The van der Waals surface area contributed by atoms with Gasteiger partial charge in [-0.05, 0) is 39.7 Å². The van der Waals surface area contributed by atoms with Crippen molar-refractivity contribution in [1.82, 2.24) is 15.0 Å². The van der Waals surface area contributed by atoms with Gasteiger partial charge in [-0.3, -0.25) is 0 Å². The Bertz CT molecular complexity index is 757. The number of para-hydroxylation sites is 1. The Morgan fingerprint density at radius 2 is 1.86 bits per heavy atom. The molecule has 106 valence electrons. The van der Waals surface area contributed by atoms with Crippen LogP contribution in [0.1, 0.15) is 17.3 Å². The fraction of sp³-hybridized carbons (Fsp3) is 0.0667. The van der Waals surface area contributed by atoms with Gasteiger partial charge in [-0.2, -0.15) is 0 Å². The second kappa shape index (κ2) is 5.97. The van der Waals surface area contributed by atoms with Crippen LogP contribution in [0.4, 0.5) is 0 Å². The Morgan fingerprint density at radius 3 is 2.62 bits per heavy atom. The first-order chi connectivity index (χ1) is 10.2. The Balaban J connectivity index is 2.06. The molecule has 0 aliphatic carbocycles. The zero-order chi connectivity index (χ0) is 14.8. The SMILES string of the molecule is NC(c1cccc(Br)c1Cl)c1cnnn1-c1ccccc1. The Labute approximate surface area is 135 Å². The van der Waals surface area contributed by atoms with E-state index in [1.165, 1.54) is 0 Å². The van der Waals surface area contributed by atoms with Crippen LogP contribution in [0.5, 0.6) is 0 Å². The molecule has 0 amide bonds. The quantitative estimate of drug-likeness (QED) is 0.771. The molecule has 0 saturated carbocycles. The number of rotatable bonds is 3. The summed E-state index contributed by atoms with van der Waals surface area (Å²) < 4.78 is 2.54. The summed E-state index contributed by atoms with van der Waals surface area (Å²) in [6.45, 7) is 0. The van der Waals surface area contributed by atoms with Crippen LogP contribution in [0, 0.1) is 0 Å². The highest BCUT2D eigenvalue weighted by Gasteiger charge is 2.19. The highest BCUT2D eigenvalue weighted by Crippen LogP contribution is 2.32. The lowest BCUT2D eigenvalue weighted by Gasteiger charge is -2.15. The number of aromatic nitrogens is 3. The largest absolute Gasteiger partial charge is 0.319 e. The molecular formula is C15H12BrClN4. The zero-order valence-electron chi connectivity index (χ0n) is 10.9. The predicted octanol–water partition coefficient (Wildman–Crippen LogP) is 3.73. The second-order valence-corrected chi connectivity index (χ2v) is 5.76. The zero-order valence-corrected chi connectivity index (χ0v) is 13.3. The van der Waals surface area contributed by atoms with Crippen molar-refractivity contribution in [2.75, 3.05) is 0 Å². The molecule has 2 aromatic carbocycles. The lowest BCUT2D eigenvalue weighted by Crippen LogP contribution is -2.17. The summed E-state index contributed by atoms with van der Waals surface area (Å²) in [5.74, 6) is 0. The molecule has 3 aromatic rings. The number of nitrogens with two attached hydrogens (primary N) is 1. The maximum absolute atomic E-state index is 6.36. The fourth-order valence-electron chi connectivity index (χ4n) is 2.14. The van der Waals surface area contributed by atoms with Gasteiger partial charge in [-0.1, -0.05) is 47.1 Å². The highest BCUT2D eigenvalue weighted by atomic mass is 79.9. The molecule has 1 aromatic heterocycles. The minimum Gasteiger partial charge on any atom is -0.319 e. The fourth-order valence-corrected chi connectivity index (χ4v) is 2.77. The molecule has 2 N–H and O–H groups in total. The molecule has 21 heavy (non-hydrogen) atoms. The summed E-state index contributed by atoms with van der Waals surface area (Å²) in [5, 5.41) is 8.69. The summed E-state index contributed by atoms with van der Waals surface area (Å²) >= 11 is 9.74. The van der Waals surface area contributed by atoms with Gasteiger partial charge in [0.05, 0.1) is 28.6 Å². The molecule has 0 radical (unpaired) electrons. The lowest BCUT2D eigenvalue weighted by molar-refractivity contribution is 0.719. The van der Waals surface area contributed by atoms with E-state index in [1.54, 1.807) is 10.9 Å². The van der Waals surface area contributed by atoms with Crippen LogP contribution < -0.4 is 5.73 Å². The Morgan fingerprint density at radius 1 is 1.10 bits per heavy atom. The van der Waals surface area contributed by atoms with E-state index in [0.29, 0.717) is 5.02 Å². The van der Waals surface area contributed by atoms with E-state index >= 15 is 0 Å². The summed E-state index contributed by atoms with van der Waals surface area (Å²) in [4.78, 5) is 0. The highest BCUT2D eigenvalue weighted by molar-refractivity contribution is 9.10. The molecule has 0 spiro atoms. The van der Waals surface area contributed by atoms with Crippen molar-refractivity contribution in [3.8, 4) is 5.69 Å². The first-order valence-corrected chi connectivity index (χ1v) is 7.51. The summed E-state index contributed by atoms with van der Waals surface area (Å²) in [6, 6.07) is 15.0. The predicted molar refractivity (Wildman–Crippen MR) is 86.5 cm³/mol. The number of nitrogens with zero attached hydrogens (tertiary/aromatic N) is 3. The van der Waals surface area contributed by atoms with Gasteiger partial charge < -0.3 is 5.73 Å². The van der Waals surface area contributed by atoms with Gasteiger partial charge >= 0.3 is 0 Å². The molecule has 0 fully saturated rings. The van der Waals surface area contributed by atoms with Crippen LogP contribution in [-0.2, 0) is 0 Å². The van der Waals surface area contributed by atoms with Gasteiger partial charge in [0.15, 0.2) is 0 Å². The molecule has 0 aliphatic heterocycles. The third-order valence-corrected chi connectivity index (χ3v) is 4.52. The van der Waals surface area contributed by atoms with Crippen LogP contribution in [0.3, 0.4) is 0 Å². The second-order valence-electron chi connectivity index (χ2n) is 4.53. The van der Waals surface area contributed by atoms with Gasteiger partial charge in [-0.25, -0.2) is 4.68 Å². The molecule has 0 bridgehead atoms. The van der Waals surface area contributed by atoms with Gasteiger partial charge in [0, 0.05) is 4.47 Å². The summed E-state index contributed by atoms with van der Waals surface area (Å²) in [7, 11) is 0. The molecule has 4 nitrogen and oxygen atoms in total. The van der Waals surface area contributed by atoms with Crippen LogP contribution in [-0.4, -0.2) is 15.0 Å². The van der Waals surface area contributed by atoms with Gasteiger partial charge in [-0.15, -0.1) is 5.10 Å². The van der Waals surface area contributed by atoms with Crippen molar-refractivity contribution >= 4 is 27.5 Å². The molecule has 6 heteroatoms. The third kappa shape index (κ3) is 2.72. The molecule has 0 aliphatic rings. The summed E-state index contributed by atoms with van der Waals surface area (Å²) in [5.41, 5.74) is 8.87. The van der Waals surface area contributed by atoms with E-state index in [2.05, 4.69) is 26.2 Å². The standard InChI is InChI=1S/C15H12BrClN4/c16-12-8-4-7-11(14(12)17)15(18)13-9-19-20-21(13)10-5-2-1-3-6-10/h1-9,15H,18H2. The third-order valence-electron chi connectivity index (χ3n) is 3.21. The van der Waals surface area contributed by atoms with Crippen molar-refractivity contribution in [2.45, 2.75) is 6.04 Å². The van der Waals surface area contributed by atoms with Crippen LogP contribution in [0.15, 0.2) is 59.2 Å². The van der Waals surface area contributed by atoms with Crippen molar-refractivity contribution in [1.29, 1.82) is 0 Å². The number of hydrogen-bond donors (Lipinski definition) is 1. The first kappa shape index (κ1) is 14.3. The number of benzene rings is 2. The van der Waals surface area contributed by atoms with Crippen molar-refractivity contribution in [2.24, 2.45) is 5.73 Å². The van der Waals surface area contributed by atoms with Crippen LogP contribution in [0.25, 0.3) is 5.69 Å². The van der Waals surface area contributed by atoms with Gasteiger partial charge in [0.2, 0.25) is 0 Å². The number of halogens is 2. The van der Waals surface area contributed by atoms with E-state index in [0.717, 1.165) is 21.4 Å². The van der Waals surface area contributed by atoms with Crippen molar-refractivity contribution in [3.63, 3.8) is 0 Å². The monoisotopic (exact) mass is 362 g/mol. The van der Waals surface area contributed by atoms with Gasteiger partial charge in [0.1, 0.15) is 0 Å². The smallest absolute Gasteiger partial charge is 0.0858 e. The molecule has 1 atom stereocenters. The number of hydrogen-bond acceptors (Lipinski definition) is 3. The first-order valence-electron chi connectivity index (χ1n) is 6.34. The lowest BCUT2D eigenvalue weighted by atomic mass is 10.0. The van der Waals surface area contributed by atoms with E-state index in [4.69, 9.17) is 17.3 Å². The molecule has 3 rings (SSSR count). The molecule has 1 heterocycles. The van der Waals surface area contributed by atoms with Crippen molar-refractivity contribution < 1.29 is 0 Å². The normalized spacial score (nSPS) is 12.3. The maximum atomic E-state index is 6.36. The van der Waals surface area contributed by atoms with Gasteiger partial charge in [0.25, 0.3) is 0 Å². The summed E-state index contributed by atoms with van der Waals surface area (Å²) in [6.07, 6.45) is 1.66. The van der Waals surface area contributed by atoms with E-state index < -0.39 is 6.04 Å². The van der Waals surface area contributed by atoms with E-state index in [1.807, 2.05) is 48.5 Å².